The molecule has 0 radical (unpaired) electrons. The van der Waals surface area contributed by atoms with Gasteiger partial charge in [0.1, 0.15) is 5.65 Å². The number of hydrogen-bond acceptors (Lipinski definition) is 6. The highest BCUT2D eigenvalue weighted by Crippen LogP contribution is 2.35. The van der Waals surface area contributed by atoms with Crippen LogP contribution in [0.5, 0.6) is 0 Å². The highest BCUT2D eigenvalue weighted by atomic mass is 32.2. The second-order valence-electron chi connectivity index (χ2n) is 6.77. The number of H-pyrrole nitrogens is 1. The Morgan fingerprint density at radius 2 is 2.30 bits per heavy atom. The van der Waals surface area contributed by atoms with Gasteiger partial charge in [0.25, 0.3) is 0 Å². The summed E-state index contributed by atoms with van der Waals surface area (Å²) >= 11 is 0. The fourth-order valence-electron chi connectivity index (χ4n) is 3.91. The van der Waals surface area contributed by atoms with Crippen molar-refractivity contribution in [2.75, 3.05) is 18.8 Å². The van der Waals surface area contributed by atoms with Crippen molar-refractivity contribution in [1.82, 2.24) is 19.9 Å². The van der Waals surface area contributed by atoms with Crippen LogP contribution in [0.15, 0.2) is 43.5 Å². The van der Waals surface area contributed by atoms with E-state index >= 15 is 0 Å². The Kier molecular flexibility index (Phi) is 4.42. The van der Waals surface area contributed by atoms with Crippen LogP contribution in [-0.2, 0) is 9.84 Å². The molecule has 4 rings (SSSR count). The fraction of sp³-hybridized carbons (Fsp3) is 0.316. The standard InChI is InChI=1S/C19H19N5O2S/c1-2-7-27(25,26)17(8-20)24-6-4-13(12-24)16-11-21-9-14-10-23-19-15(18(14)16)3-5-22-19/h2-3,5,9-11,13,17H,1,4,6-7,12H2,(H,22,23). The van der Waals surface area contributed by atoms with Crippen molar-refractivity contribution < 1.29 is 8.42 Å². The van der Waals surface area contributed by atoms with Gasteiger partial charge in [-0.15, -0.1) is 6.58 Å². The molecule has 1 saturated heterocycles. The van der Waals surface area contributed by atoms with Gasteiger partial charge in [-0.2, -0.15) is 5.26 Å². The molecule has 1 aliphatic rings. The molecule has 1 N–H and O–H groups in total. The minimum atomic E-state index is -3.56. The van der Waals surface area contributed by atoms with E-state index in [9.17, 15) is 13.7 Å². The van der Waals surface area contributed by atoms with Crippen molar-refractivity contribution >= 4 is 31.6 Å². The first-order chi connectivity index (χ1) is 13.0. The number of rotatable bonds is 5. The molecule has 3 aromatic rings. The predicted octanol–water partition coefficient (Wildman–Crippen LogP) is 2.35. The second kappa shape index (κ2) is 6.76. The summed E-state index contributed by atoms with van der Waals surface area (Å²) in [6.07, 6.45) is 9.40. The van der Waals surface area contributed by atoms with E-state index in [0.717, 1.165) is 33.8 Å². The minimum Gasteiger partial charge on any atom is -0.346 e. The zero-order valence-corrected chi connectivity index (χ0v) is 15.5. The Hall–Kier alpha value is -2.76. The largest absolute Gasteiger partial charge is 0.346 e. The van der Waals surface area contributed by atoms with Crippen LogP contribution in [0.1, 0.15) is 17.9 Å². The molecule has 7 nitrogen and oxygen atoms in total. The molecule has 8 heteroatoms. The number of hydrogen-bond donors (Lipinski definition) is 1. The van der Waals surface area contributed by atoms with Crippen molar-refractivity contribution in [1.29, 1.82) is 5.26 Å². The molecule has 3 aromatic heterocycles. The lowest BCUT2D eigenvalue weighted by Gasteiger charge is -2.21. The van der Waals surface area contributed by atoms with E-state index in [0.29, 0.717) is 13.1 Å². The number of pyridine rings is 2. The van der Waals surface area contributed by atoms with E-state index in [2.05, 4.69) is 21.5 Å². The smallest absolute Gasteiger partial charge is 0.201 e. The first kappa shape index (κ1) is 17.6. The molecule has 2 unspecified atom stereocenters. The van der Waals surface area contributed by atoms with Crippen LogP contribution in [-0.4, -0.2) is 52.5 Å². The van der Waals surface area contributed by atoms with Crippen LogP contribution < -0.4 is 0 Å². The monoisotopic (exact) mass is 381 g/mol. The van der Waals surface area contributed by atoms with E-state index in [1.807, 2.05) is 24.5 Å². The summed E-state index contributed by atoms with van der Waals surface area (Å²) in [5.41, 5.74) is 1.88. The molecule has 0 amide bonds. The minimum absolute atomic E-state index is 0.108. The number of aromatic nitrogens is 3. The maximum absolute atomic E-state index is 12.4. The summed E-state index contributed by atoms with van der Waals surface area (Å²) in [7, 11) is -3.56. The van der Waals surface area contributed by atoms with Gasteiger partial charge in [0.05, 0.1) is 11.8 Å². The van der Waals surface area contributed by atoms with E-state index in [1.54, 1.807) is 17.3 Å². The Labute approximate surface area is 157 Å². The number of likely N-dealkylation sites (tertiary alicyclic amines) is 1. The van der Waals surface area contributed by atoms with Crippen molar-refractivity contribution in [2.45, 2.75) is 17.7 Å². The number of nitrogens with zero attached hydrogens (tertiary/aromatic N) is 4. The second-order valence-corrected chi connectivity index (χ2v) is 8.88. The van der Waals surface area contributed by atoms with Crippen LogP contribution in [0.2, 0.25) is 0 Å². The lowest BCUT2D eigenvalue weighted by molar-refractivity contribution is 0.340. The third kappa shape index (κ3) is 2.99. The van der Waals surface area contributed by atoms with Gasteiger partial charge >= 0.3 is 0 Å². The maximum atomic E-state index is 12.4. The Morgan fingerprint density at radius 3 is 3.07 bits per heavy atom. The molecule has 27 heavy (non-hydrogen) atoms. The zero-order chi connectivity index (χ0) is 19.0. The summed E-state index contributed by atoms with van der Waals surface area (Å²) in [6, 6.07) is 3.96. The summed E-state index contributed by atoms with van der Waals surface area (Å²) < 4.78 is 24.8. The van der Waals surface area contributed by atoms with E-state index < -0.39 is 15.2 Å². The predicted molar refractivity (Wildman–Crippen MR) is 104 cm³/mol. The lowest BCUT2D eigenvalue weighted by atomic mass is 9.94. The Bertz CT molecular complexity index is 1160. The number of nitriles is 1. The molecule has 2 atom stereocenters. The highest BCUT2D eigenvalue weighted by molar-refractivity contribution is 7.92. The summed E-state index contributed by atoms with van der Waals surface area (Å²) in [6.45, 7) is 4.54. The van der Waals surface area contributed by atoms with Crippen molar-refractivity contribution in [3.63, 3.8) is 0 Å². The molecular weight excluding hydrogens is 362 g/mol. The van der Waals surface area contributed by atoms with Gasteiger partial charge in [-0.05, 0) is 18.1 Å². The fourth-order valence-corrected chi connectivity index (χ4v) is 5.23. The quantitative estimate of drug-likeness (QED) is 0.681. The normalized spacial score (nSPS) is 19.3. The van der Waals surface area contributed by atoms with E-state index in [1.165, 1.54) is 6.08 Å². The van der Waals surface area contributed by atoms with Gasteiger partial charge < -0.3 is 4.98 Å². The molecule has 1 aliphatic heterocycles. The van der Waals surface area contributed by atoms with Gasteiger partial charge in [0, 0.05) is 60.0 Å². The molecule has 0 saturated carbocycles. The molecule has 1 fully saturated rings. The number of fused-ring (bicyclic) bond motifs is 3. The van der Waals surface area contributed by atoms with Crippen LogP contribution in [0.25, 0.3) is 21.8 Å². The van der Waals surface area contributed by atoms with E-state index in [-0.39, 0.29) is 11.7 Å². The molecular formula is C19H19N5O2S. The van der Waals surface area contributed by atoms with Gasteiger partial charge in [0.15, 0.2) is 9.84 Å². The van der Waals surface area contributed by atoms with Crippen LogP contribution in [0.3, 0.4) is 0 Å². The highest BCUT2D eigenvalue weighted by Gasteiger charge is 2.36. The van der Waals surface area contributed by atoms with Gasteiger partial charge in [0.2, 0.25) is 5.37 Å². The van der Waals surface area contributed by atoms with Gasteiger partial charge in [-0.1, -0.05) is 6.08 Å². The van der Waals surface area contributed by atoms with Crippen LogP contribution in [0, 0.1) is 11.3 Å². The topological polar surface area (TPSA) is 103 Å². The molecule has 0 aromatic carbocycles. The molecule has 138 valence electrons. The molecule has 0 spiro atoms. The Balaban J connectivity index is 1.71. The first-order valence-electron chi connectivity index (χ1n) is 8.71. The molecule has 0 bridgehead atoms. The van der Waals surface area contributed by atoms with Crippen LogP contribution >= 0.6 is 0 Å². The molecule has 4 heterocycles. The maximum Gasteiger partial charge on any atom is 0.201 e. The zero-order valence-electron chi connectivity index (χ0n) is 14.7. The van der Waals surface area contributed by atoms with Crippen molar-refractivity contribution in [3.05, 3.63) is 49.1 Å². The summed E-state index contributed by atoms with van der Waals surface area (Å²) in [5.74, 6) is -0.0887. The Morgan fingerprint density at radius 1 is 1.44 bits per heavy atom. The van der Waals surface area contributed by atoms with Crippen molar-refractivity contribution in [3.8, 4) is 6.07 Å². The lowest BCUT2D eigenvalue weighted by Crippen LogP contribution is -2.39. The first-order valence-corrected chi connectivity index (χ1v) is 10.4. The average Bonchev–Trinajstić information content (AvgIpc) is 3.31. The van der Waals surface area contributed by atoms with Gasteiger partial charge in [-0.25, -0.2) is 13.4 Å². The van der Waals surface area contributed by atoms with Crippen LogP contribution in [0.4, 0.5) is 0 Å². The van der Waals surface area contributed by atoms with Crippen molar-refractivity contribution in [2.24, 2.45) is 0 Å². The average molecular weight is 381 g/mol. The van der Waals surface area contributed by atoms with E-state index in [4.69, 9.17) is 0 Å². The summed E-state index contributed by atoms with van der Waals surface area (Å²) in [4.78, 5) is 13.6. The van der Waals surface area contributed by atoms with Gasteiger partial charge in [-0.3, -0.25) is 9.88 Å². The summed E-state index contributed by atoms with van der Waals surface area (Å²) in [5, 5.41) is 11.4. The molecule has 0 aliphatic carbocycles. The number of aromatic amines is 1. The SMILES string of the molecule is C=CCS(=O)(=O)C(C#N)N1CCC(c2cncc3cnc4[nH]ccc4c23)C1. The number of nitrogens with one attached hydrogen (secondary N) is 1. The third-order valence-electron chi connectivity index (χ3n) is 5.12. The third-order valence-corrected chi connectivity index (χ3v) is 6.91. The number of sulfone groups is 1.